The monoisotopic (exact) mass is 245 g/mol. The predicted molar refractivity (Wildman–Crippen MR) is 71.6 cm³/mol. The van der Waals surface area contributed by atoms with Crippen LogP contribution in [0.2, 0.25) is 5.02 Å². The smallest absolute Gasteiger partial charge is 0.127 e. The second kappa shape index (κ2) is 5.74. The van der Waals surface area contributed by atoms with E-state index in [9.17, 15) is 0 Å². The number of hydrogen-bond donors (Lipinski definition) is 0. The average Bonchev–Trinajstić information content (AvgIpc) is 2.35. The van der Waals surface area contributed by atoms with Crippen LogP contribution in [0.4, 0.5) is 0 Å². The highest BCUT2D eigenvalue weighted by Crippen LogP contribution is 2.23. The summed E-state index contributed by atoms with van der Waals surface area (Å²) >= 11 is 5.81. The Kier molecular flexibility index (Phi) is 4.05. The molecule has 0 atom stereocenters. The van der Waals surface area contributed by atoms with E-state index < -0.39 is 0 Å². The van der Waals surface area contributed by atoms with Crippen LogP contribution in [-0.2, 0) is 6.42 Å². The van der Waals surface area contributed by atoms with Gasteiger partial charge in [0.2, 0.25) is 0 Å². The molecule has 0 fully saturated rings. The van der Waals surface area contributed by atoms with Crippen LogP contribution in [0.3, 0.4) is 0 Å². The Balaban J connectivity index is 2.05. The van der Waals surface area contributed by atoms with Gasteiger partial charge in [0.25, 0.3) is 0 Å². The number of ether oxygens (including phenoxy) is 1. The summed E-state index contributed by atoms with van der Waals surface area (Å²) in [6, 6.07) is 15.4. The van der Waals surface area contributed by atoms with Crippen molar-refractivity contribution < 1.29 is 4.74 Å². The van der Waals surface area contributed by atoms with Gasteiger partial charge in [-0.3, -0.25) is 0 Å². The number of benzene rings is 2. The maximum absolute atomic E-state index is 5.81. The van der Waals surface area contributed by atoms with E-state index >= 15 is 0 Å². The Morgan fingerprint density at radius 1 is 0.882 bits per heavy atom. The summed E-state index contributed by atoms with van der Waals surface area (Å²) in [6.07, 6.45) is 1.92. The molecular formula is C15H14ClO. The van der Waals surface area contributed by atoms with Crippen LogP contribution in [0, 0.1) is 6.92 Å². The van der Waals surface area contributed by atoms with Crippen LogP contribution < -0.4 is 4.74 Å². The van der Waals surface area contributed by atoms with Gasteiger partial charge in [-0.25, -0.2) is 0 Å². The van der Waals surface area contributed by atoms with Crippen molar-refractivity contribution in [3.63, 3.8) is 0 Å². The molecule has 0 amide bonds. The highest BCUT2D eigenvalue weighted by atomic mass is 35.5. The standard InChI is InChI=1S/C15H14ClO/c1-2-3-12-4-8-14(9-5-12)17-15-10-6-13(16)7-11-15/h4-11H,1-3H2. The van der Waals surface area contributed by atoms with E-state index in [1.165, 1.54) is 5.56 Å². The van der Waals surface area contributed by atoms with Crippen LogP contribution in [0.25, 0.3) is 0 Å². The second-order valence-electron chi connectivity index (χ2n) is 3.80. The molecule has 0 aliphatic heterocycles. The van der Waals surface area contributed by atoms with Crippen molar-refractivity contribution in [2.75, 3.05) is 0 Å². The first-order valence-corrected chi connectivity index (χ1v) is 5.97. The number of rotatable bonds is 4. The first-order chi connectivity index (χ1) is 8.28. The van der Waals surface area contributed by atoms with Gasteiger partial charge in [-0.15, -0.1) is 0 Å². The first-order valence-electron chi connectivity index (χ1n) is 5.59. The molecule has 0 saturated heterocycles. The fraction of sp³-hybridized carbons (Fsp3) is 0.133. The van der Waals surface area contributed by atoms with Gasteiger partial charge >= 0.3 is 0 Å². The van der Waals surface area contributed by atoms with E-state index in [0.29, 0.717) is 5.02 Å². The summed E-state index contributed by atoms with van der Waals surface area (Å²) in [5, 5.41) is 0.711. The molecule has 1 radical (unpaired) electrons. The summed E-state index contributed by atoms with van der Waals surface area (Å²) in [5.41, 5.74) is 1.28. The normalized spacial score (nSPS) is 10.2. The number of hydrogen-bond acceptors (Lipinski definition) is 1. The van der Waals surface area contributed by atoms with Gasteiger partial charge in [-0.2, -0.15) is 0 Å². The minimum absolute atomic E-state index is 0.711. The highest BCUT2D eigenvalue weighted by Gasteiger charge is 1.97. The van der Waals surface area contributed by atoms with E-state index in [2.05, 4.69) is 19.1 Å². The lowest BCUT2D eigenvalue weighted by molar-refractivity contribution is 0.482. The molecule has 0 saturated carbocycles. The zero-order valence-corrected chi connectivity index (χ0v) is 10.3. The predicted octanol–water partition coefficient (Wildman–Crippen LogP) is 4.90. The summed E-state index contributed by atoms with van der Waals surface area (Å²) in [4.78, 5) is 0. The maximum atomic E-state index is 5.81. The van der Waals surface area contributed by atoms with Crippen molar-refractivity contribution in [1.29, 1.82) is 0 Å². The molecule has 2 heteroatoms. The van der Waals surface area contributed by atoms with Crippen molar-refractivity contribution in [3.05, 3.63) is 66.0 Å². The largest absolute Gasteiger partial charge is 0.457 e. The minimum atomic E-state index is 0.711. The lowest BCUT2D eigenvalue weighted by Crippen LogP contribution is -1.86. The number of halogens is 1. The molecule has 2 aromatic rings. The minimum Gasteiger partial charge on any atom is -0.457 e. The molecule has 2 aromatic carbocycles. The van der Waals surface area contributed by atoms with Crippen molar-refractivity contribution in [1.82, 2.24) is 0 Å². The SMILES string of the molecule is [CH2]CCc1ccc(Oc2ccc(Cl)cc2)cc1. The van der Waals surface area contributed by atoms with Crippen LogP contribution >= 0.6 is 11.6 Å². The molecule has 0 aromatic heterocycles. The molecule has 17 heavy (non-hydrogen) atoms. The fourth-order valence-corrected chi connectivity index (χ4v) is 1.69. The van der Waals surface area contributed by atoms with Crippen molar-refractivity contribution in [2.45, 2.75) is 12.8 Å². The van der Waals surface area contributed by atoms with Gasteiger partial charge in [0.05, 0.1) is 0 Å². The molecule has 0 aliphatic carbocycles. The van der Waals surface area contributed by atoms with Crippen LogP contribution in [-0.4, -0.2) is 0 Å². The highest BCUT2D eigenvalue weighted by molar-refractivity contribution is 6.30. The lowest BCUT2D eigenvalue weighted by Gasteiger charge is -2.06. The van der Waals surface area contributed by atoms with Crippen LogP contribution in [0.15, 0.2) is 48.5 Å². The van der Waals surface area contributed by atoms with Gasteiger partial charge in [-0.1, -0.05) is 30.7 Å². The molecule has 0 N–H and O–H groups in total. The van der Waals surface area contributed by atoms with E-state index in [1.54, 1.807) is 0 Å². The zero-order chi connectivity index (χ0) is 12.1. The molecule has 0 heterocycles. The first kappa shape index (κ1) is 12.0. The molecule has 1 nitrogen and oxygen atoms in total. The third-order valence-corrected chi connectivity index (χ3v) is 2.69. The molecule has 2 rings (SSSR count). The van der Waals surface area contributed by atoms with Crippen LogP contribution in [0.1, 0.15) is 12.0 Å². The molecule has 0 spiro atoms. The van der Waals surface area contributed by atoms with Crippen LogP contribution in [0.5, 0.6) is 11.5 Å². The van der Waals surface area contributed by atoms with Crippen molar-refractivity contribution in [2.24, 2.45) is 0 Å². The summed E-state index contributed by atoms with van der Waals surface area (Å²) in [5.74, 6) is 1.62. The summed E-state index contributed by atoms with van der Waals surface area (Å²) < 4.78 is 5.69. The Hall–Kier alpha value is -1.47. The van der Waals surface area contributed by atoms with Gasteiger partial charge in [0.15, 0.2) is 0 Å². The Morgan fingerprint density at radius 2 is 1.41 bits per heavy atom. The van der Waals surface area contributed by atoms with Gasteiger partial charge in [-0.05, 0) is 54.8 Å². The zero-order valence-electron chi connectivity index (χ0n) is 9.53. The van der Waals surface area contributed by atoms with E-state index in [4.69, 9.17) is 16.3 Å². The molecule has 0 unspecified atom stereocenters. The molecule has 0 bridgehead atoms. The third kappa shape index (κ3) is 3.50. The van der Waals surface area contributed by atoms with E-state index in [1.807, 2.05) is 36.4 Å². The summed E-state index contributed by atoms with van der Waals surface area (Å²) in [7, 11) is 0. The van der Waals surface area contributed by atoms with E-state index in [0.717, 1.165) is 24.3 Å². The Labute approximate surface area is 107 Å². The van der Waals surface area contributed by atoms with Gasteiger partial charge < -0.3 is 4.74 Å². The van der Waals surface area contributed by atoms with E-state index in [-0.39, 0.29) is 0 Å². The topological polar surface area (TPSA) is 9.23 Å². The lowest BCUT2D eigenvalue weighted by atomic mass is 10.1. The third-order valence-electron chi connectivity index (χ3n) is 2.44. The average molecular weight is 246 g/mol. The Morgan fingerprint density at radius 3 is 1.94 bits per heavy atom. The van der Waals surface area contributed by atoms with Crippen molar-refractivity contribution in [3.8, 4) is 11.5 Å². The summed E-state index contributed by atoms with van der Waals surface area (Å²) in [6.45, 7) is 3.84. The number of aryl methyl sites for hydroxylation is 1. The maximum Gasteiger partial charge on any atom is 0.127 e. The fourth-order valence-electron chi connectivity index (χ4n) is 1.57. The van der Waals surface area contributed by atoms with Gasteiger partial charge in [0, 0.05) is 5.02 Å². The second-order valence-corrected chi connectivity index (χ2v) is 4.24. The molecule has 87 valence electrons. The van der Waals surface area contributed by atoms with Crippen molar-refractivity contribution >= 4 is 11.6 Å². The molecular weight excluding hydrogens is 232 g/mol. The van der Waals surface area contributed by atoms with Gasteiger partial charge in [0.1, 0.15) is 11.5 Å². The molecule has 0 aliphatic rings. The Bertz CT molecular complexity index is 459. The quantitative estimate of drug-likeness (QED) is 0.745.